The molecule has 17 N–H and O–H groups in total. The van der Waals surface area contributed by atoms with Crippen LogP contribution in [0.15, 0.2) is 4.99 Å². The van der Waals surface area contributed by atoms with Crippen LogP contribution in [0.25, 0.3) is 0 Å². The number of guanidine groups is 1. The summed E-state index contributed by atoms with van der Waals surface area (Å²) in [5.74, 6) is -9.04. The van der Waals surface area contributed by atoms with Gasteiger partial charge in [0.1, 0.15) is 36.3 Å². The Kier molecular flexibility index (Phi) is 27.2. The largest absolute Gasteiger partial charge is 0.481 e. The number of nitrogens with one attached hydrogen (secondary N) is 7. The number of nitrogens with zero attached hydrogens (tertiary/aromatic N) is 2. The fourth-order valence-corrected chi connectivity index (χ4v) is 7.91. The average Bonchev–Trinajstić information content (AvgIpc) is 3.72. The third-order valence-electron chi connectivity index (χ3n) is 9.62. The van der Waals surface area contributed by atoms with Crippen molar-refractivity contribution in [3.63, 3.8) is 0 Å². The minimum absolute atomic E-state index is 0.0378. The van der Waals surface area contributed by atoms with E-state index >= 15 is 0 Å². The quantitative estimate of drug-likeness (QED) is 0.0136. The summed E-state index contributed by atoms with van der Waals surface area (Å²) in [7, 11) is 0. The number of carbonyl (C=O) groups excluding carboxylic acids is 8. The van der Waals surface area contributed by atoms with E-state index in [9.17, 15) is 58.2 Å². The Bertz CT molecular complexity index is 1690. The van der Waals surface area contributed by atoms with Gasteiger partial charge in [-0.1, -0.05) is 13.8 Å². The number of aliphatic imine (C=N–C) groups is 1. The predicted octanol–water partition coefficient (Wildman–Crippen LogP) is -4.22. The topological polar surface area (TPSA) is 415 Å². The Balaban J connectivity index is 3.26. The van der Waals surface area contributed by atoms with Gasteiger partial charge in [0, 0.05) is 38.4 Å². The summed E-state index contributed by atoms with van der Waals surface area (Å²) in [6.45, 7) is 6.28. The van der Waals surface area contributed by atoms with Gasteiger partial charge < -0.3 is 75.3 Å². The average molecular weight is 962 g/mol. The first-order valence-corrected chi connectivity index (χ1v) is 23.3. The van der Waals surface area contributed by atoms with E-state index in [-0.39, 0.29) is 86.4 Å². The number of carboxylic acid groups (broad SMARTS) is 2. The monoisotopic (exact) mass is 961 g/mol. The molecule has 0 saturated carbocycles. The van der Waals surface area contributed by atoms with E-state index in [1.165, 1.54) is 30.5 Å². The zero-order valence-corrected chi connectivity index (χ0v) is 38.9. The Morgan fingerprint density at radius 3 is 1.83 bits per heavy atom. The highest BCUT2D eigenvalue weighted by Crippen LogP contribution is 2.21. The predicted molar refractivity (Wildman–Crippen MR) is 242 cm³/mol. The molecule has 0 aromatic carbocycles. The van der Waals surface area contributed by atoms with E-state index in [2.05, 4.69) is 42.2 Å². The van der Waals surface area contributed by atoms with E-state index in [0.29, 0.717) is 19.3 Å². The second-order valence-electron chi connectivity index (χ2n) is 15.4. The minimum Gasteiger partial charge on any atom is -0.481 e. The van der Waals surface area contributed by atoms with Crippen molar-refractivity contribution < 1.29 is 58.2 Å². The van der Waals surface area contributed by atoms with Crippen LogP contribution in [0.1, 0.15) is 79.1 Å². The zero-order valence-electron chi connectivity index (χ0n) is 37.2. The smallest absolute Gasteiger partial charge is 0.327 e. The standard InChI is InChI=1S/C38H67N13O12S2/c1-20(2)30(35(60)48-26(15-29(54)55)33(58)49-27(37(62)63)17-65-19-45-22(4)53)50-34(59)28-11-8-14-51(28)36(61)25(9-5-6-12-39)47-32(57)24(10-7-13-43-38(41)42)46-31(56)23(40)16-64-18-44-21(3)52/h20,23-28,30H,5-19,39-40H2,1-4H3,(H,44,52)(H,45,53)(H,46,56)(H,47,57)(H,48,60)(H,49,58)(H,50,59)(H,54,55)(H,62,63)(H4,41,42,43)/t23-,24-,25-,26-,27-,28+,30-/m0/s1. The summed E-state index contributed by atoms with van der Waals surface area (Å²) < 4.78 is 0. The fraction of sp³-hybridized carbons (Fsp3) is 0.711. The van der Waals surface area contributed by atoms with Crippen molar-refractivity contribution in [2.24, 2.45) is 33.8 Å². The Labute approximate surface area is 386 Å². The number of unbranched alkanes of at least 4 members (excludes halogenated alkanes) is 1. The number of carboxylic acids is 2. The lowest BCUT2D eigenvalue weighted by Gasteiger charge is -2.31. The first-order valence-electron chi connectivity index (χ1n) is 21.0. The van der Waals surface area contributed by atoms with Crippen molar-refractivity contribution in [1.82, 2.24) is 42.1 Å². The lowest BCUT2D eigenvalue weighted by atomic mass is 10.0. The molecule has 1 fully saturated rings. The van der Waals surface area contributed by atoms with Gasteiger partial charge >= 0.3 is 11.9 Å². The SMILES string of the molecule is CC(=O)NCSC[C@H](NC(=O)[C@H](CC(=O)O)NC(=O)[C@@H](NC(=O)[C@H]1CCCN1C(=O)[C@H](CCCCN)NC(=O)[C@H](CCCN=C(N)N)NC(=O)[C@@H](N)CSCNC(C)=O)C(C)C)C(=O)O. The first-order chi connectivity index (χ1) is 30.6. The van der Waals surface area contributed by atoms with Crippen molar-refractivity contribution >= 4 is 88.7 Å². The van der Waals surface area contributed by atoms with Crippen molar-refractivity contribution in [2.45, 2.75) is 121 Å². The second kappa shape index (κ2) is 30.7. The Morgan fingerprint density at radius 1 is 0.723 bits per heavy atom. The van der Waals surface area contributed by atoms with Gasteiger partial charge in [0.05, 0.1) is 24.2 Å². The molecule has 0 bridgehead atoms. The highest BCUT2D eigenvalue weighted by molar-refractivity contribution is 7.99. The summed E-state index contributed by atoms with van der Waals surface area (Å²) in [6.07, 6.45) is 0.923. The molecule has 25 nitrogen and oxygen atoms in total. The van der Waals surface area contributed by atoms with E-state index in [1.807, 2.05) is 0 Å². The van der Waals surface area contributed by atoms with Gasteiger partial charge in [0.25, 0.3) is 0 Å². The van der Waals surface area contributed by atoms with E-state index < -0.39 is 102 Å². The number of thioether (sulfide) groups is 2. The molecule has 0 aromatic heterocycles. The van der Waals surface area contributed by atoms with Gasteiger partial charge in [0.15, 0.2) is 5.96 Å². The number of hydrogen-bond donors (Lipinski definition) is 13. The highest BCUT2D eigenvalue weighted by atomic mass is 32.2. The molecule has 27 heteroatoms. The van der Waals surface area contributed by atoms with Crippen LogP contribution >= 0.6 is 23.5 Å². The summed E-state index contributed by atoms with van der Waals surface area (Å²) in [4.78, 5) is 133. The van der Waals surface area contributed by atoms with Crippen LogP contribution in [0.4, 0.5) is 0 Å². The van der Waals surface area contributed by atoms with E-state index in [4.69, 9.17) is 22.9 Å². The molecule has 0 unspecified atom stereocenters. The Hall–Kier alpha value is -5.41. The molecule has 1 heterocycles. The maximum absolute atomic E-state index is 14.3. The van der Waals surface area contributed by atoms with Gasteiger partial charge in [-0.2, -0.15) is 0 Å². The number of likely N-dealkylation sites (tertiary alicyclic amines) is 1. The van der Waals surface area contributed by atoms with Crippen LogP contribution in [0.3, 0.4) is 0 Å². The van der Waals surface area contributed by atoms with Gasteiger partial charge in [-0.3, -0.25) is 48.1 Å². The molecule has 0 radical (unpaired) electrons. The molecule has 1 aliphatic rings. The highest BCUT2D eigenvalue weighted by Gasteiger charge is 2.40. The molecule has 368 valence electrons. The molecule has 0 aromatic rings. The molecule has 0 aliphatic carbocycles. The summed E-state index contributed by atoms with van der Waals surface area (Å²) in [5, 5.41) is 36.7. The first kappa shape index (κ1) is 57.6. The molecule has 1 saturated heterocycles. The maximum atomic E-state index is 14.3. The molecule has 65 heavy (non-hydrogen) atoms. The third kappa shape index (κ3) is 22.9. The van der Waals surface area contributed by atoms with E-state index in [0.717, 1.165) is 11.8 Å². The molecular formula is C38H67N13O12S2. The number of rotatable bonds is 31. The zero-order chi connectivity index (χ0) is 49.2. The van der Waals surface area contributed by atoms with Crippen molar-refractivity contribution in [3.8, 4) is 0 Å². The van der Waals surface area contributed by atoms with Crippen LogP contribution in [-0.4, -0.2) is 165 Å². The van der Waals surface area contributed by atoms with Gasteiger partial charge in [0.2, 0.25) is 47.3 Å². The number of aliphatic carboxylic acids is 2. The van der Waals surface area contributed by atoms with Crippen LogP contribution in [0.2, 0.25) is 0 Å². The molecule has 1 rings (SSSR count). The van der Waals surface area contributed by atoms with Gasteiger partial charge in [-0.15, -0.1) is 23.5 Å². The van der Waals surface area contributed by atoms with Crippen molar-refractivity contribution in [1.29, 1.82) is 0 Å². The normalized spacial score (nSPS) is 16.0. The van der Waals surface area contributed by atoms with Crippen molar-refractivity contribution in [3.05, 3.63) is 0 Å². The van der Waals surface area contributed by atoms with Crippen molar-refractivity contribution in [2.75, 3.05) is 42.9 Å². The summed E-state index contributed by atoms with van der Waals surface area (Å²) in [6, 6.07) is -9.17. The van der Waals surface area contributed by atoms with E-state index in [1.54, 1.807) is 13.8 Å². The van der Waals surface area contributed by atoms with Crippen LogP contribution < -0.4 is 60.2 Å². The molecule has 0 spiro atoms. The molecule has 8 amide bonds. The molecule has 7 atom stereocenters. The Morgan fingerprint density at radius 2 is 1.28 bits per heavy atom. The number of carbonyl (C=O) groups is 10. The van der Waals surface area contributed by atoms with Crippen LogP contribution in [0, 0.1) is 5.92 Å². The lowest BCUT2D eigenvalue weighted by Crippen LogP contribution is -2.60. The van der Waals surface area contributed by atoms with Crippen LogP contribution in [0.5, 0.6) is 0 Å². The maximum Gasteiger partial charge on any atom is 0.327 e. The van der Waals surface area contributed by atoms with Crippen LogP contribution in [-0.2, 0) is 47.9 Å². The molecular weight excluding hydrogens is 895 g/mol. The summed E-state index contributed by atoms with van der Waals surface area (Å²) in [5.41, 5.74) is 22.7. The minimum atomic E-state index is -1.76. The van der Waals surface area contributed by atoms with Gasteiger partial charge in [-0.25, -0.2) is 4.79 Å². The lowest BCUT2D eigenvalue weighted by molar-refractivity contribution is -0.144. The summed E-state index contributed by atoms with van der Waals surface area (Å²) >= 11 is 2.17. The third-order valence-corrected chi connectivity index (χ3v) is 11.5. The number of amides is 8. The molecule has 1 aliphatic heterocycles. The van der Waals surface area contributed by atoms with Gasteiger partial charge in [-0.05, 0) is 57.4 Å². The number of nitrogens with two attached hydrogens (primary N) is 4. The fourth-order valence-electron chi connectivity index (χ4n) is 6.20. The second-order valence-corrected chi connectivity index (χ2v) is 17.5. The number of hydrogen-bond acceptors (Lipinski definition) is 15.